The number of nitrogens with zero attached hydrogens (tertiary/aromatic N) is 2. The van der Waals surface area contributed by atoms with Gasteiger partial charge in [-0.25, -0.2) is 0 Å². The van der Waals surface area contributed by atoms with Gasteiger partial charge in [0.2, 0.25) is 0 Å². The van der Waals surface area contributed by atoms with Gasteiger partial charge in [-0.15, -0.1) is 0 Å². The van der Waals surface area contributed by atoms with Crippen molar-refractivity contribution in [1.29, 1.82) is 5.26 Å². The predicted molar refractivity (Wildman–Crippen MR) is 63.3 cm³/mol. The minimum atomic E-state index is -0.384. The largest absolute Gasteiger partial charge is 0.256 e. The van der Waals surface area contributed by atoms with Crippen LogP contribution in [0.15, 0.2) is 30.5 Å². The van der Waals surface area contributed by atoms with E-state index in [2.05, 4.69) is 11.1 Å². The van der Waals surface area contributed by atoms with Crippen LogP contribution < -0.4 is 0 Å². The number of pyridine rings is 1. The summed E-state index contributed by atoms with van der Waals surface area (Å²) in [5, 5.41) is 11.0. The van der Waals surface area contributed by atoms with E-state index in [9.17, 15) is 5.26 Å². The van der Waals surface area contributed by atoms with Crippen molar-refractivity contribution in [3.8, 4) is 6.07 Å². The van der Waals surface area contributed by atoms with Crippen LogP contribution in [0.25, 0.3) is 10.9 Å². The number of hydrogen-bond acceptors (Lipinski definition) is 2. The van der Waals surface area contributed by atoms with Crippen molar-refractivity contribution in [3.63, 3.8) is 0 Å². The first-order chi connectivity index (χ1) is 7.77. The van der Waals surface area contributed by atoms with Crippen molar-refractivity contribution < 1.29 is 0 Å². The van der Waals surface area contributed by atoms with Crippen LogP contribution in [0.3, 0.4) is 0 Å². The average Bonchev–Trinajstić information content (AvgIpc) is 3.10. The molecule has 2 nitrogen and oxygen atoms in total. The Bertz CT molecular complexity index is 609. The molecule has 78 valence electrons. The molecule has 0 N–H and O–H groups in total. The molecule has 1 fully saturated rings. The molecule has 0 amide bonds. The van der Waals surface area contributed by atoms with E-state index in [-0.39, 0.29) is 5.41 Å². The molecule has 2 aromatic rings. The first-order valence-electron chi connectivity index (χ1n) is 5.22. The number of rotatable bonds is 1. The molecule has 1 aromatic carbocycles. The molecule has 1 saturated carbocycles. The SMILES string of the molecule is N#CC1(c2c(Cl)ccc3cccnc23)CC1. The topological polar surface area (TPSA) is 36.7 Å². The van der Waals surface area contributed by atoms with E-state index in [0.29, 0.717) is 5.02 Å². The minimum absolute atomic E-state index is 0.384. The molecule has 1 aromatic heterocycles. The summed E-state index contributed by atoms with van der Waals surface area (Å²) >= 11 is 6.22. The summed E-state index contributed by atoms with van der Waals surface area (Å²) in [5.41, 5.74) is 1.40. The number of fused-ring (bicyclic) bond motifs is 1. The summed E-state index contributed by atoms with van der Waals surface area (Å²) < 4.78 is 0. The Balaban J connectivity index is 2.39. The van der Waals surface area contributed by atoms with Crippen molar-refractivity contribution in [1.82, 2.24) is 4.98 Å². The number of aromatic nitrogens is 1. The van der Waals surface area contributed by atoms with Crippen molar-refractivity contribution in [3.05, 3.63) is 41.0 Å². The van der Waals surface area contributed by atoms with Crippen molar-refractivity contribution in [2.75, 3.05) is 0 Å². The van der Waals surface area contributed by atoms with E-state index in [4.69, 9.17) is 11.6 Å². The van der Waals surface area contributed by atoms with Gasteiger partial charge in [0.05, 0.1) is 17.0 Å². The summed E-state index contributed by atoms with van der Waals surface area (Å²) in [4.78, 5) is 4.36. The van der Waals surface area contributed by atoms with E-state index in [0.717, 1.165) is 29.3 Å². The highest BCUT2D eigenvalue weighted by atomic mass is 35.5. The van der Waals surface area contributed by atoms with E-state index >= 15 is 0 Å². The van der Waals surface area contributed by atoms with Crippen LogP contribution in [0.4, 0.5) is 0 Å². The Morgan fingerprint density at radius 1 is 1.31 bits per heavy atom. The Kier molecular flexibility index (Phi) is 1.92. The van der Waals surface area contributed by atoms with Gasteiger partial charge in [-0.05, 0) is 25.0 Å². The maximum absolute atomic E-state index is 9.26. The molecule has 0 saturated heterocycles. The second-order valence-electron chi connectivity index (χ2n) is 4.19. The molecule has 0 unspecified atom stereocenters. The second-order valence-corrected chi connectivity index (χ2v) is 4.60. The predicted octanol–water partition coefficient (Wildman–Crippen LogP) is 3.44. The third kappa shape index (κ3) is 1.22. The smallest absolute Gasteiger partial charge is 0.0859 e. The fraction of sp³-hybridized carbons (Fsp3) is 0.231. The summed E-state index contributed by atoms with van der Waals surface area (Å²) in [6.07, 6.45) is 3.52. The molecule has 1 heterocycles. The Labute approximate surface area is 98.5 Å². The van der Waals surface area contributed by atoms with E-state index in [1.54, 1.807) is 6.20 Å². The van der Waals surface area contributed by atoms with Crippen LogP contribution in [0, 0.1) is 11.3 Å². The Hall–Kier alpha value is -1.59. The summed E-state index contributed by atoms with van der Waals surface area (Å²) in [6, 6.07) is 10.1. The maximum Gasteiger partial charge on any atom is 0.0859 e. The minimum Gasteiger partial charge on any atom is -0.256 e. The monoisotopic (exact) mass is 228 g/mol. The van der Waals surface area contributed by atoms with Gasteiger partial charge in [0.15, 0.2) is 0 Å². The van der Waals surface area contributed by atoms with Crippen LogP contribution in [-0.2, 0) is 5.41 Å². The molecule has 3 rings (SSSR count). The molecule has 0 spiro atoms. The zero-order valence-electron chi connectivity index (χ0n) is 8.57. The molecule has 1 aliphatic carbocycles. The van der Waals surface area contributed by atoms with Crippen molar-refractivity contribution in [2.24, 2.45) is 0 Å². The highest BCUT2D eigenvalue weighted by Crippen LogP contribution is 2.51. The molecular weight excluding hydrogens is 220 g/mol. The quantitative estimate of drug-likeness (QED) is 0.750. The molecule has 3 heteroatoms. The lowest BCUT2D eigenvalue weighted by Gasteiger charge is -2.11. The highest BCUT2D eigenvalue weighted by Gasteiger charge is 2.47. The Morgan fingerprint density at radius 2 is 2.12 bits per heavy atom. The molecule has 0 radical (unpaired) electrons. The van der Waals surface area contributed by atoms with Crippen LogP contribution >= 0.6 is 11.6 Å². The van der Waals surface area contributed by atoms with E-state index < -0.39 is 0 Å². The first kappa shape index (κ1) is 9.62. The van der Waals surface area contributed by atoms with E-state index in [1.165, 1.54) is 0 Å². The van der Waals surface area contributed by atoms with Gasteiger partial charge in [-0.3, -0.25) is 4.98 Å². The lowest BCUT2D eigenvalue weighted by Crippen LogP contribution is -2.05. The average molecular weight is 229 g/mol. The number of nitriles is 1. The number of benzene rings is 1. The lowest BCUT2D eigenvalue weighted by molar-refractivity contribution is 0.916. The van der Waals surface area contributed by atoms with Crippen LogP contribution in [0.1, 0.15) is 18.4 Å². The maximum atomic E-state index is 9.26. The number of hydrogen-bond donors (Lipinski definition) is 0. The van der Waals surface area contributed by atoms with Crippen molar-refractivity contribution >= 4 is 22.5 Å². The van der Waals surface area contributed by atoms with Crippen molar-refractivity contribution in [2.45, 2.75) is 18.3 Å². The summed E-state index contributed by atoms with van der Waals surface area (Å²) in [7, 11) is 0. The summed E-state index contributed by atoms with van der Waals surface area (Å²) in [5.74, 6) is 0. The van der Waals surface area contributed by atoms with Crippen LogP contribution in [-0.4, -0.2) is 4.98 Å². The molecular formula is C13H9ClN2. The number of halogens is 1. The van der Waals surface area contributed by atoms with Gasteiger partial charge < -0.3 is 0 Å². The zero-order chi connectivity index (χ0) is 11.2. The van der Waals surface area contributed by atoms with Crippen LogP contribution in [0.5, 0.6) is 0 Å². The molecule has 1 aliphatic rings. The third-order valence-corrected chi connectivity index (χ3v) is 3.48. The molecule has 0 atom stereocenters. The van der Waals surface area contributed by atoms with Gasteiger partial charge in [-0.2, -0.15) is 5.26 Å². The van der Waals surface area contributed by atoms with Gasteiger partial charge in [0, 0.05) is 22.2 Å². The first-order valence-corrected chi connectivity index (χ1v) is 5.60. The van der Waals surface area contributed by atoms with E-state index in [1.807, 2.05) is 24.3 Å². The fourth-order valence-corrected chi connectivity index (χ4v) is 2.45. The second kappa shape index (κ2) is 3.20. The Morgan fingerprint density at radius 3 is 2.81 bits per heavy atom. The van der Waals surface area contributed by atoms with Crippen LogP contribution in [0.2, 0.25) is 5.02 Å². The molecule has 16 heavy (non-hydrogen) atoms. The van der Waals surface area contributed by atoms with Gasteiger partial charge in [0.25, 0.3) is 0 Å². The molecule has 0 aliphatic heterocycles. The highest BCUT2D eigenvalue weighted by molar-refractivity contribution is 6.32. The van der Waals surface area contributed by atoms with Gasteiger partial charge in [-0.1, -0.05) is 23.7 Å². The third-order valence-electron chi connectivity index (χ3n) is 3.17. The lowest BCUT2D eigenvalue weighted by atomic mass is 9.95. The fourth-order valence-electron chi connectivity index (χ4n) is 2.12. The molecule has 0 bridgehead atoms. The summed E-state index contributed by atoms with van der Waals surface area (Å²) in [6.45, 7) is 0. The zero-order valence-corrected chi connectivity index (χ0v) is 9.33. The van der Waals surface area contributed by atoms with Gasteiger partial charge in [0.1, 0.15) is 0 Å². The normalized spacial score (nSPS) is 17.0. The standard InChI is InChI=1S/C13H9ClN2/c14-10-4-3-9-2-1-7-16-12(9)11(10)13(8-15)5-6-13/h1-4,7H,5-6H2. The van der Waals surface area contributed by atoms with Gasteiger partial charge >= 0.3 is 0 Å².